The van der Waals surface area contributed by atoms with Gasteiger partial charge in [0.25, 0.3) is 11.2 Å². The van der Waals surface area contributed by atoms with E-state index in [4.69, 9.17) is 11.6 Å². The smallest absolute Gasteiger partial charge is 0.270 e. The summed E-state index contributed by atoms with van der Waals surface area (Å²) in [4.78, 5) is 32.1. The first-order valence-electron chi connectivity index (χ1n) is 8.22. The minimum atomic E-state index is -0.473. The van der Waals surface area contributed by atoms with Crippen LogP contribution in [-0.2, 0) is 0 Å². The van der Waals surface area contributed by atoms with Crippen LogP contribution in [0.2, 0.25) is 5.02 Å². The zero-order chi connectivity index (χ0) is 19.7. The summed E-state index contributed by atoms with van der Waals surface area (Å²) in [5.74, 6) is 0.281. The molecular weight excluding hydrogens is 398 g/mol. The highest BCUT2D eigenvalue weighted by atomic mass is 35.5. The summed E-state index contributed by atoms with van der Waals surface area (Å²) >= 11 is 7.34. The van der Waals surface area contributed by atoms with Gasteiger partial charge in [0.05, 0.1) is 15.8 Å². The van der Waals surface area contributed by atoms with Gasteiger partial charge in [-0.05, 0) is 42.5 Å². The third-order valence-electron chi connectivity index (χ3n) is 4.08. The molecule has 4 rings (SSSR count). The van der Waals surface area contributed by atoms with Crippen molar-refractivity contribution >= 4 is 40.0 Å². The Balaban J connectivity index is 1.88. The van der Waals surface area contributed by atoms with Gasteiger partial charge in [0.1, 0.15) is 5.82 Å². The molecule has 3 aromatic carbocycles. The van der Waals surface area contributed by atoms with Crippen molar-refractivity contribution in [3.05, 3.63) is 92.2 Å². The SMILES string of the molecule is O=c1[nH]c(-c2cc([N+](=O)[O-])ccc2Sc2ccc(Cl)cc2)nc2ccccc12. The van der Waals surface area contributed by atoms with Gasteiger partial charge < -0.3 is 4.98 Å². The number of hydrogen-bond donors (Lipinski definition) is 1. The second-order valence-corrected chi connectivity index (χ2v) is 7.48. The first kappa shape index (κ1) is 18.2. The monoisotopic (exact) mass is 409 g/mol. The number of halogens is 1. The Morgan fingerprint density at radius 1 is 1.04 bits per heavy atom. The molecule has 28 heavy (non-hydrogen) atoms. The molecule has 0 aliphatic carbocycles. The minimum absolute atomic E-state index is 0.0775. The molecule has 6 nitrogen and oxygen atoms in total. The van der Waals surface area contributed by atoms with Crippen molar-refractivity contribution in [2.75, 3.05) is 0 Å². The van der Waals surface area contributed by atoms with Gasteiger partial charge in [-0.2, -0.15) is 0 Å². The van der Waals surface area contributed by atoms with Crippen molar-refractivity contribution in [2.45, 2.75) is 9.79 Å². The Bertz CT molecular complexity index is 1260. The normalized spacial score (nSPS) is 10.9. The molecular formula is C20H12ClN3O3S. The quantitative estimate of drug-likeness (QED) is 0.364. The van der Waals surface area contributed by atoms with Crippen LogP contribution >= 0.6 is 23.4 Å². The maximum absolute atomic E-state index is 12.4. The first-order chi connectivity index (χ1) is 13.5. The standard InChI is InChI=1S/C20H12ClN3O3S/c21-12-5-8-14(9-6-12)28-18-10-7-13(24(26)27)11-16(18)19-22-17-4-2-1-3-15(17)20(25)23-19/h1-11H,(H,22,23,25). The number of aromatic nitrogens is 2. The van der Waals surface area contributed by atoms with E-state index in [9.17, 15) is 14.9 Å². The van der Waals surface area contributed by atoms with Crippen LogP contribution in [0.25, 0.3) is 22.3 Å². The molecule has 0 bridgehead atoms. The number of non-ortho nitro benzene ring substituents is 1. The topological polar surface area (TPSA) is 88.9 Å². The molecule has 0 spiro atoms. The van der Waals surface area contributed by atoms with Gasteiger partial charge >= 0.3 is 0 Å². The third kappa shape index (κ3) is 3.62. The van der Waals surface area contributed by atoms with Crippen LogP contribution in [0.1, 0.15) is 0 Å². The fourth-order valence-electron chi connectivity index (χ4n) is 2.75. The van der Waals surface area contributed by atoms with Crippen molar-refractivity contribution in [3.8, 4) is 11.4 Å². The molecule has 1 heterocycles. The maximum Gasteiger partial charge on any atom is 0.270 e. The molecule has 0 unspecified atom stereocenters. The minimum Gasteiger partial charge on any atom is -0.306 e. The lowest BCUT2D eigenvalue weighted by atomic mass is 10.1. The third-order valence-corrected chi connectivity index (χ3v) is 5.42. The number of benzene rings is 3. The van der Waals surface area contributed by atoms with Crippen molar-refractivity contribution in [3.63, 3.8) is 0 Å². The van der Waals surface area contributed by atoms with Gasteiger partial charge in [0.15, 0.2) is 0 Å². The van der Waals surface area contributed by atoms with Crippen molar-refractivity contribution in [1.82, 2.24) is 9.97 Å². The predicted octanol–water partition coefficient (Wildman–Crippen LogP) is 5.30. The second-order valence-electron chi connectivity index (χ2n) is 5.93. The molecule has 0 saturated carbocycles. The summed E-state index contributed by atoms with van der Waals surface area (Å²) in [7, 11) is 0. The summed E-state index contributed by atoms with van der Waals surface area (Å²) in [5.41, 5.74) is 0.632. The molecule has 1 N–H and O–H groups in total. The molecule has 0 aliphatic heterocycles. The van der Waals surface area contributed by atoms with Crippen LogP contribution in [0.4, 0.5) is 5.69 Å². The molecule has 0 aliphatic rings. The number of nitro groups is 1. The van der Waals surface area contributed by atoms with Crippen LogP contribution in [0.15, 0.2) is 81.3 Å². The van der Waals surface area contributed by atoms with Gasteiger partial charge in [0.2, 0.25) is 0 Å². The Hall–Kier alpha value is -3.16. The van der Waals surface area contributed by atoms with Crippen molar-refractivity contribution < 1.29 is 4.92 Å². The fourth-order valence-corrected chi connectivity index (χ4v) is 3.80. The van der Waals surface area contributed by atoms with E-state index in [0.29, 0.717) is 21.5 Å². The first-order valence-corrected chi connectivity index (χ1v) is 9.42. The zero-order valence-corrected chi connectivity index (χ0v) is 15.8. The van der Waals surface area contributed by atoms with Gasteiger partial charge in [0, 0.05) is 32.5 Å². The highest BCUT2D eigenvalue weighted by Gasteiger charge is 2.16. The maximum atomic E-state index is 12.4. The molecule has 4 aromatic rings. The van der Waals surface area contributed by atoms with E-state index in [1.165, 1.54) is 23.9 Å². The average Bonchev–Trinajstić information content (AvgIpc) is 2.70. The number of nitro benzene ring substituents is 1. The lowest BCUT2D eigenvalue weighted by molar-refractivity contribution is -0.384. The fraction of sp³-hybridized carbons (Fsp3) is 0. The van der Waals surface area contributed by atoms with Crippen LogP contribution in [0.5, 0.6) is 0 Å². The summed E-state index contributed by atoms with van der Waals surface area (Å²) in [6.45, 7) is 0. The lowest BCUT2D eigenvalue weighted by Crippen LogP contribution is -2.09. The number of para-hydroxylation sites is 1. The summed E-state index contributed by atoms with van der Waals surface area (Å²) in [6.07, 6.45) is 0. The average molecular weight is 410 g/mol. The number of nitrogens with zero attached hydrogens (tertiary/aromatic N) is 2. The van der Waals surface area contributed by atoms with E-state index < -0.39 is 4.92 Å². The summed E-state index contributed by atoms with van der Waals surface area (Å²) in [5, 5.41) is 12.3. The van der Waals surface area contributed by atoms with E-state index in [2.05, 4.69) is 9.97 Å². The molecule has 1 aromatic heterocycles. The molecule has 0 fully saturated rings. The predicted molar refractivity (Wildman–Crippen MR) is 110 cm³/mol. The number of rotatable bonds is 4. The number of nitrogens with one attached hydrogen (secondary N) is 1. The zero-order valence-electron chi connectivity index (χ0n) is 14.3. The Kier molecular flexibility index (Phi) is 4.85. The number of hydrogen-bond acceptors (Lipinski definition) is 5. The molecule has 0 radical (unpaired) electrons. The lowest BCUT2D eigenvalue weighted by Gasteiger charge is -2.10. The van der Waals surface area contributed by atoms with Crippen LogP contribution in [0.3, 0.4) is 0 Å². The number of aromatic amines is 1. The van der Waals surface area contributed by atoms with Crippen LogP contribution in [-0.4, -0.2) is 14.9 Å². The van der Waals surface area contributed by atoms with Gasteiger partial charge in [-0.3, -0.25) is 14.9 Å². The molecule has 138 valence electrons. The Morgan fingerprint density at radius 2 is 1.79 bits per heavy atom. The van der Waals surface area contributed by atoms with E-state index in [-0.39, 0.29) is 17.1 Å². The number of fused-ring (bicyclic) bond motifs is 1. The van der Waals surface area contributed by atoms with E-state index >= 15 is 0 Å². The van der Waals surface area contributed by atoms with Crippen LogP contribution < -0.4 is 5.56 Å². The van der Waals surface area contributed by atoms with Gasteiger partial charge in [-0.1, -0.05) is 35.5 Å². The number of H-pyrrole nitrogens is 1. The van der Waals surface area contributed by atoms with Gasteiger partial charge in [-0.25, -0.2) is 4.98 Å². The summed E-state index contributed by atoms with van der Waals surface area (Å²) < 4.78 is 0. The second kappa shape index (κ2) is 7.46. The van der Waals surface area contributed by atoms with Gasteiger partial charge in [-0.15, -0.1) is 0 Å². The van der Waals surface area contributed by atoms with Crippen LogP contribution in [0, 0.1) is 10.1 Å². The largest absolute Gasteiger partial charge is 0.306 e. The van der Waals surface area contributed by atoms with E-state index in [0.717, 1.165) is 9.79 Å². The summed E-state index contributed by atoms with van der Waals surface area (Å²) in [6, 6.07) is 18.7. The van der Waals surface area contributed by atoms with Crippen molar-refractivity contribution in [1.29, 1.82) is 0 Å². The highest BCUT2D eigenvalue weighted by Crippen LogP contribution is 2.37. The highest BCUT2D eigenvalue weighted by molar-refractivity contribution is 7.99. The van der Waals surface area contributed by atoms with E-state index in [1.807, 2.05) is 12.1 Å². The Morgan fingerprint density at radius 3 is 2.54 bits per heavy atom. The Labute approximate surface area is 168 Å². The molecule has 8 heteroatoms. The molecule has 0 saturated heterocycles. The van der Waals surface area contributed by atoms with Crippen molar-refractivity contribution in [2.24, 2.45) is 0 Å². The molecule has 0 atom stereocenters. The molecule has 0 amide bonds. The van der Waals surface area contributed by atoms with E-state index in [1.54, 1.807) is 42.5 Å².